The van der Waals surface area contributed by atoms with E-state index in [1.165, 1.54) is 11.8 Å². The monoisotopic (exact) mass is 967 g/mol. The maximum absolute atomic E-state index is 13.7. The molecule has 0 fully saturated rings. The summed E-state index contributed by atoms with van der Waals surface area (Å²) in [6.45, 7) is 5.86. The number of aliphatic hydroxyl groups is 1. The fourth-order valence-corrected chi connectivity index (χ4v) is 8.31. The largest absolute Gasteiger partial charge is 0.458 e. The number of fused-ring (bicyclic) bond motifs is 6. The van der Waals surface area contributed by atoms with E-state index >= 15 is 0 Å². The van der Waals surface area contributed by atoms with Gasteiger partial charge in [0.1, 0.15) is 26.0 Å². The third-order valence-corrected chi connectivity index (χ3v) is 12.2. The highest BCUT2D eigenvalue weighted by Gasteiger charge is 2.35. The number of ether oxygens (including phenoxy) is 4. The van der Waals surface area contributed by atoms with Crippen molar-refractivity contribution in [3.8, 4) is 34.7 Å². The molecule has 3 aromatic heterocycles. The molecule has 69 heavy (non-hydrogen) atoms. The average Bonchev–Trinajstić information content (AvgIpc) is 3.95. The van der Waals surface area contributed by atoms with E-state index in [1.54, 1.807) is 47.8 Å². The molecule has 21 nitrogen and oxygen atoms in total. The quantitative estimate of drug-likeness (QED) is 0.0194. The molecule has 7 rings (SSSR count). The first kappa shape index (κ1) is 49.8. The van der Waals surface area contributed by atoms with Gasteiger partial charge in [0.25, 0.3) is 5.56 Å². The zero-order valence-electron chi connectivity index (χ0n) is 38.8. The van der Waals surface area contributed by atoms with Crippen molar-refractivity contribution in [2.75, 3.05) is 46.0 Å². The summed E-state index contributed by atoms with van der Waals surface area (Å²) in [6.07, 6.45) is 4.96. The molecular formula is C47H53N9O12S. The lowest BCUT2D eigenvalue weighted by Gasteiger charge is -2.27. The van der Waals surface area contributed by atoms with Crippen LogP contribution in [0.3, 0.4) is 0 Å². The van der Waals surface area contributed by atoms with Gasteiger partial charge in [0.2, 0.25) is 36.3 Å². The Kier molecular flexibility index (Phi) is 16.1. The molecule has 3 aliphatic rings. The number of rotatable bonds is 19. The molecule has 1 aromatic carbocycles. The number of cyclic esters (lactones) is 1. The Morgan fingerprint density at radius 3 is 2.41 bits per heavy atom. The van der Waals surface area contributed by atoms with Crippen molar-refractivity contribution in [1.82, 2.24) is 45.7 Å². The molecule has 0 radical (unpaired) electrons. The highest BCUT2D eigenvalue weighted by atomic mass is 32.2. The van der Waals surface area contributed by atoms with Crippen molar-refractivity contribution in [1.29, 1.82) is 0 Å². The minimum absolute atomic E-state index is 0.0394. The van der Waals surface area contributed by atoms with Crippen LogP contribution in [0.4, 0.5) is 0 Å². The molecular weight excluding hydrogens is 915 g/mol. The topological polar surface area (TPSA) is 272 Å². The van der Waals surface area contributed by atoms with Crippen molar-refractivity contribution in [2.45, 2.75) is 89.9 Å². The van der Waals surface area contributed by atoms with Crippen molar-refractivity contribution in [3.63, 3.8) is 0 Å². The van der Waals surface area contributed by atoms with E-state index in [0.29, 0.717) is 58.4 Å². The smallest absolute Gasteiger partial charge is 0.340 e. The lowest BCUT2D eigenvalue weighted by molar-refractivity contribution is -0.157. The summed E-state index contributed by atoms with van der Waals surface area (Å²) < 4.78 is 23.4. The minimum Gasteiger partial charge on any atom is -0.458 e. The summed E-state index contributed by atoms with van der Waals surface area (Å²) in [5.41, 5.74) is 3.70. The normalized spacial score (nSPS) is 14.5. The number of aromatic nitrogens is 4. The van der Waals surface area contributed by atoms with Crippen LogP contribution >= 0.6 is 11.8 Å². The number of carbonyl (C=O) groups is 6. The third kappa shape index (κ3) is 11.8. The number of nitrogens with one attached hydrogen (secondary N) is 4. The van der Waals surface area contributed by atoms with E-state index < -0.39 is 54.5 Å². The predicted molar refractivity (Wildman–Crippen MR) is 248 cm³/mol. The third-order valence-electron chi connectivity index (χ3n) is 11.6. The Bertz CT molecular complexity index is 2790. The fraction of sp³-hybridized carbons (Fsp3) is 0.447. The number of aliphatic hydroxyl groups excluding tert-OH is 1. The van der Waals surface area contributed by atoms with Gasteiger partial charge in [-0.25, -0.2) is 19.7 Å². The number of hydrogen-bond donors (Lipinski definition) is 5. The molecule has 6 heterocycles. The Balaban J connectivity index is 0.862. The Hall–Kier alpha value is -7.09. The molecule has 0 bridgehead atoms. The second kappa shape index (κ2) is 22.3. The second-order valence-electron chi connectivity index (χ2n) is 16.9. The summed E-state index contributed by atoms with van der Waals surface area (Å²) >= 11 is 1.43. The van der Waals surface area contributed by atoms with Gasteiger partial charge in [-0.15, -0.1) is 0 Å². The van der Waals surface area contributed by atoms with Gasteiger partial charge in [0.05, 0.1) is 47.7 Å². The van der Waals surface area contributed by atoms with Crippen molar-refractivity contribution in [2.24, 2.45) is 5.92 Å². The van der Waals surface area contributed by atoms with Crippen LogP contribution in [0, 0.1) is 17.8 Å². The molecule has 0 aliphatic carbocycles. The van der Waals surface area contributed by atoms with Gasteiger partial charge in [0.15, 0.2) is 22.8 Å². The first-order valence-electron chi connectivity index (χ1n) is 22.3. The molecule has 5 N–H and O–H groups in total. The zero-order valence-corrected chi connectivity index (χ0v) is 39.6. The molecule has 5 amide bonds. The van der Waals surface area contributed by atoms with Crippen LogP contribution in [0.1, 0.15) is 80.9 Å². The van der Waals surface area contributed by atoms with Gasteiger partial charge in [0, 0.05) is 60.4 Å². The zero-order chi connectivity index (χ0) is 49.4. The summed E-state index contributed by atoms with van der Waals surface area (Å²) in [4.78, 5) is 105. The summed E-state index contributed by atoms with van der Waals surface area (Å²) in [5, 5.41) is 22.1. The lowest BCUT2D eigenvalue weighted by atomic mass is 9.96. The molecule has 364 valence electrons. The highest BCUT2D eigenvalue weighted by Crippen LogP contribution is 2.42. The molecule has 0 saturated heterocycles. The van der Waals surface area contributed by atoms with Gasteiger partial charge < -0.3 is 54.8 Å². The summed E-state index contributed by atoms with van der Waals surface area (Å²) in [6, 6.07) is 4.04. The maximum atomic E-state index is 13.7. The van der Waals surface area contributed by atoms with Gasteiger partial charge in [-0.05, 0) is 56.6 Å². The van der Waals surface area contributed by atoms with Crippen LogP contribution in [0.5, 0.6) is 11.5 Å². The first-order valence-corrected chi connectivity index (χ1v) is 23.5. The van der Waals surface area contributed by atoms with Crippen molar-refractivity contribution in [3.05, 3.63) is 68.8 Å². The predicted octanol–water partition coefficient (Wildman–Crippen LogP) is 1.22. The molecule has 22 heteroatoms. The van der Waals surface area contributed by atoms with Crippen LogP contribution in [0.2, 0.25) is 0 Å². The second-order valence-corrected chi connectivity index (χ2v) is 17.7. The number of thioether (sulfide) groups is 1. The minimum atomic E-state index is -1.61. The van der Waals surface area contributed by atoms with Crippen LogP contribution in [-0.2, 0) is 57.8 Å². The van der Waals surface area contributed by atoms with E-state index in [-0.39, 0.29) is 81.1 Å². The Labute approximate surface area is 400 Å². The maximum Gasteiger partial charge on any atom is 0.340 e. The number of nitrogens with zero attached hydrogens (tertiary/aromatic N) is 5. The summed E-state index contributed by atoms with van der Waals surface area (Å²) in [7, 11) is 0. The first-order chi connectivity index (χ1) is 33.1. The van der Waals surface area contributed by atoms with Gasteiger partial charge in [-0.1, -0.05) is 37.5 Å². The molecule has 1 unspecified atom stereocenters. The molecule has 3 aliphatic heterocycles. The van der Waals surface area contributed by atoms with Crippen molar-refractivity contribution < 1.29 is 52.8 Å². The lowest BCUT2D eigenvalue weighted by Crippen LogP contribution is -2.51. The van der Waals surface area contributed by atoms with Crippen LogP contribution in [0.25, 0.3) is 22.3 Å². The van der Waals surface area contributed by atoms with Crippen LogP contribution in [0.15, 0.2) is 40.5 Å². The van der Waals surface area contributed by atoms with Gasteiger partial charge in [-0.2, -0.15) is 0 Å². The van der Waals surface area contributed by atoms with Gasteiger partial charge in [-0.3, -0.25) is 28.8 Å². The molecule has 0 saturated carbocycles. The number of esters is 1. The average molecular weight is 968 g/mol. The van der Waals surface area contributed by atoms with Crippen molar-refractivity contribution >= 4 is 58.2 Å². The van der Waals surface area contributed by atoms with Crippen LogP contribution < -0.4 is 36.3 Å². The van der Waals surface area contributed by atoms with E-state index in [9.17, 15) is 38.7 Å². The fourth-order valence-electron chi connectivity index (χ4n) is 7.99. The number of carbonyl (C=O) groups excluding carboxylic acids is 6. The standard InChI is InChI=1S/C47H53N9O12S/c1-25(2)41(54-37(57)10-8-6-7-9-27-16-50-47(69-5)51-17-27)44(62)49-19-38(58)48-18-39(59)52-23-65-22-40(60)55(26(3)4)12-11-28-29-14-35-36(68-24-67-35)15-33(29)53-42-31(28)20-56-34(42)13-30-32(45(56)63)21-66-46(64)43(30)61/h13-17,25-26,41,43,61H,6,8,10-12,18-24H2,1-5H3,(H,48,58)(H,49,62)(H,52,59)(H,54,57)/t41?,43-/m0/s1. The van der Waals surface area contributed by atoms with E-state index in [2.05, 4.69) is 43.1 Å². The van der Waals surface area contributed by atoms with Crippen LogP contribution in [-0.4, -0.2) is 123 Å². The molecule has 2 atom stereocenters. The van der Waals surface area contributed by atoms with E-state index in [0.717, 1.165) is 16.5 Å². The molecule has 4 aromatic rings. The number of hydrogen-bond acceptors (Lipinski definition) is 16. The SMILES string of the molecule is CSc1ncc(C#CCCCC(=O)NC(C(=O)NCC(=O)NCC(=O)NCOCC(=O)N(CCc2c3c(nc4cc5c(cc24)OCO5)-c2cc4c(c(=O)n2C3)COC(=O)[C@H]4O)C(C)C)C(C)C)cn1. The summed E-state index contributed by atoms with van der Waals surface area (Å²) in [5.74, 6) is 3.39. The Morgan fingerprint density at radius 2 is 1.68 bits per heavy atom. The van der Waals surface area contributed by atoms with Gasteiger partial charge >= 0.3 is 5.97 Å². The number of amides is 5. The van der Waals surface area contributed by atoms with E-state index in [1.807, 2.05) is 26.2 Å². The number of benzene rings is 1. The number of unbranched alkanes of at least 4 members (excludes halogenated alkanes) is 1. The molecule has 0 spiro atoms. The Morgan fingerprint density at radius 1 is 0.957 bits per heavy atom. The highest BCUT2D eigenvalue weighted by molar-refractivity contribution is 7.98. The number of pyridine rings is 2. The van der Waals surface area contributed by atoms with E-state index in [4.69, 9.17) is 23.9 Å².